The third kappa shape index (κ3) is 3.45. The molecule has 1 aliphatic rings. The highest BCUT2D eigenvalue weighted by molar-refractivity contribution is 8.07. The minimum atomic E-state index is 0.553. The Morgan fingerprint density at radius 3 is 2.89 bits per heavy atom. The van der Waals surface area contributed by atoms with Gasteiger partial charge in [-0.25, -0.2) is 0 Å². The predicted octanol–water partition coefficient (Wildman–Crippen LogP) is 2.18. The molecule has 102 valence electrons. The van der Waals surface area contributed by atoms with Crippen LogP contribution in [-0.2, 0) is 13.5 Å². The topological polar surface area (TPSA) is 29.9 Å². The van der Waals surface area contributed by atoms with E-state index in [1.807, 2.05) is 17.9 Å². The van der Waals surface area contributed by atoms with Crippen LogP contribution < -0.4 is 5.32 Å². The fourth-order valence-electron chi connectivity index (χ4n) is 2.52. The summed E-state index contributed by atoms with van der Waals surface area (Å²) in [4.78, 5) is 0. The van der Waals surface area contributed by atoms with Gasteiger partial charge in [0.25, 0.3) is 0 Å². The van der Waals surface area contributed by atoms with Gasteiger partial charge in [0.1, 0.15) is 0 Å². The first-order valence-electron chi connectivity index (χ1n) is 6.62. The van der Waals surface area contributed by atoms with Gasteiger partial charge in [0.05, 0.1) is 6.20 Å². The van der Waals surface area contributed by atoms with Gasteiger partial charge in [-0.05, 0) is 25.5 Å². The zero-order valence-corrected chi connectivity index (χ0v) is 13.1. The first-order chi connectivity index (χ1) is 8.74. The number of hydrogen-bond donors (Lipinski definition) is 1. The van der Waals surface area contributed by atoms with Gasteiger partial charge in [-0.3, -0.25) is 4.68 Å². The summed E-state index contributed by atoms with van der Waals surface area (Å²) in [7, 11) is 4.07. The first kappa shape index (κ1) is 14.3. The minimum absolute atomic E-state index is 0.553. The van der Waals surface area contributed by atoms with Crippen molar-refractivity contribution in [1.29, 1.82) is 0 Å². The summed E-state index contributed by atoms with van der Waals surface area (Å²) in [6.07, 6.45) is 6.48. The molecule has 3 nitrogen and oxygen atoms in total. The lowest BCUT2D eigenvalue weighted by molar-refractivity contribution is 0.517. The van der Waals surface area contributed by atoms with Gasteiger partial charge in [-0.1, -0.05) is 6.92 Å². The molecule has 0 radical (unpaired) electrons. The summed E-state index contributed by atoms with van der Waals surface area (Å²) in [6.45, 7) is 2.31. The van der Waals surface area contributed by atoms with Crippen LogP contribution in [0.15, 0.2) is 12.4 Å². The molecule has 0 bridgehead atoms. The van der Waals surface area contributed by atoms with Crippen molar-refractivity contribution in [2.24, 2.45) is 7.05 Å². The SMILES string of the molecule is CCC1SCCSC1C(Cc1cnn(C)c1)NC. The van der Waals surface area contributed by atoms with Gasteiger partial charge in [0, 0.05) is 41.3 Å². The van der Waals surface area contributed by atoms with Crippen molar-refractivity contribution in [2.45, 2.75) is 36.3 Å². The van der Waals surface area contributed by atoms with Crippen LogP contribution in [0.3, 0.4) is 0 Å². The van der Waals surface area contributed by atoms with Gasteiger partial charge in [-0.15, -0.1) is 0 Å². The van der Waals surface area contributed by atoms with Crippen molar-refractivity contribution < 1.29 is 0 Å². The highest BCUT2D eigenvalue weighted by atomic mass is 32.2. The molecule has 0 spiro atoms. The lowest BCUT2D eigenvalue weighted by atomic mass is 10.0. The second-order valence-corrected chi connectivity index (χ2v) is 7.41. The maximum absolute atomic E-state index is 4.27. The highest BCUT2D eigenvalue weighted by Crippen LogP contribution is 2.35. The first-order valence-corrected chi connectivity index (χ1v) is 8.72. The zero-order chi connectivity index (χ0) is 13.0. The average Bonchev–Trinajstić information content (AvgIpc) is 2.81. The van der Waals surface area contributed by atoms with E-state index in [0.29, 0.717) is 6.04 Å². The van der Waals surface area contributed by atoms with Crippen LogP contribution in [-0.4, -0.2) is 44.9 Å². The van der Waals surface area contributed by atoms with Crippen LogP contribution in [0.2, 0.25) is 0 Å². The van der Waals surface area contributed by atoms with Crippen LogP contribution in [0.4, 0.5) is 0 Å². The molecule has 1 saturated heterocycles. The Hall–Kier alpha value is -0.130. The number of aryl methyl sites for hydroxylation is 1. The summed E-state index contributed by atoms with van der Waals surface area (Å²) in [5, 5.41) is 9.30. The second-order valence-electron chi connectivity index (χ2n) is 4.77. The molecule has 1 aromatic rings. The van der Waals surface area contributed by atoms with Gasteiger partial charge in [0.15, 0.2) is 0 Å². The van der Waals surface area contributed by atoms with Crippen molar-refractivity contribution in [1.82, 2.24) is 15.1 Å². The van der Waals surface area contributed by atoms with E-state index >= 15 is 0 Å². The van der Waals surface area contributed by atoms with E-state index in [9.17, 15) is 0 Å². The van der Waals surface area contributed by atoms with Crippen LogP contribution >= 0.6 is 23.5 Å². The van der Waals surface area contributed by atoms with E-state index in [4.69, 9.17) is 0 Å². The fourth-order valence-corrected chi connectivity index (χ4v) is 5.83. The Morgan fingerprint density at radius 1 is 1.50 bits per heavy atom. The number of aromatic nitrogens is 2. The molecular formula is C13H23N3S2. The molecule has 1 N–H and O–H groups in total. The summed E-state index contributed by atoms with van der Waals surface area (Å²) in [5.41, 5.74) is 1.34. The molecule has 1 aromatic heterocycles. The number of rotatable bonds is 5. The molecule has 5 heteroatoms. The summed E-state index contributed by atoms with van der Waals surface area (Å²) >= 11 is 4.29. The lowest BCUT2D eigenvalue weighted by Gasteiger charge is -2.35. The fraction of sp³-hybridized carbons (Fsp3) is 0.769. The number of thioether (sulfide) groups is 2. The zero-order valence-electron chi connectivity index (χ0n) is 11.4. The van der Waals surface area contributed by atoms with E-state index in [1.165, 1.54) is 23.5 Å². The maximum Gasteiger partial charge on any atom is 0.0522 e. The molecule has 1 fully saturated rings. The quantitative estimate of drug-likeness (QED) is 0.898. The van der Waals surface area contributed by atoms with E-state index < -0.39 is 0 Å². The second kappa shape index (κ2) is 6.87. The highest BCUT2D eigenvalue weighted by Gasteiger charge is 2.31. The standard InChI is InChI=1S/C13H23N3S2/c1-4-12-13(18-6-5-17-12)11(14-2)7-10-8-15-16(3)9-10/h8-9,11-14H,4-7H2,1-3H3. The largest absolute Gasteiger partial charge is 0.316 e. The van der Waals surface area contributed by atoms with Crippen molar-refractivity contribution in [3.8, 4) is 0 Å². The van der Waals surface area contributed by atoms with E-state index in [2.05, 4.69) is 54.1 Å². The van der Waals surface area contributed by atoms with Gasteiger partial charge >= 0.3 is 0 Å². The summed E-state index contributed by atoms with van der Waals surface area (Å²) in [6, 6.07) is 0.553. The Labute approximate surface area is 118 Å². The molecule has 2 heterocycles. The third-order valence-electron chi connectivity index (χ3n) is 3.48. The van der Waals surface area contributed by atoms with Crippen LogP contribution in [0.5, 0.6) is 0 Å². The van der Waals surface area contributed by atoms with Gasteiger partial charge < -0.3 is 5.32 Å². The van der Waals surface area contributed by atoms with E-state index in [0.717, 1.165) is 16.9 Å². The van der Waals surface area contributed by atoms with Crippen molar-refractivity contribution in [3.05, 3.63) is 18.0 Å². The smallest absolute Gasteiger partial charge is 0.0522 e. The Bertz CT molecular complexity index is 367. The molecule has 3 atom stereocenters. The molecular weight excluding hydrogens is 262 g/mol. The Kier molecular flexibility index (Phi) is 5.45. The Morgan fingerprint density at radius 2 is 2.28 bits per heavy atom. The van der Waals surface area contributed by atoms with Crippen molar-refractivity contribution in [3.63, 3.8) is 0 Å². The molecule has 0 saturated carbocycles. The van der Waals surface area contributed by atoms with Gasteiger partial charge in [-0.2, -0.15) is 28.6 Å². The van der Waals surface area contributed by atoms with Crippen LogP contribution in [0.25, 0.3) is 0 Å². The van der Waals surface area contributed by atoms with Crippen LogP contribution in [0, 0.1) is 0 Å². The summed E-state index contributed by atoms with van der Waals surface area (Å²) in [5.74, 6) is 2.60. The normalized spacial score (nSPS) is 26.2. The third-order valence-corrected chi connectivity index (χ3v) is 6.88. The summed E-state index contributed by atoms with van der Waals surface area (Å²) < 4.78 is 1.89. The van der Waals surface area contributed by atoms with E-state index in [1.54, 1.807) is 0 Å². The van der Waals surface area contributed by atoms with Crippen molar-refractivity contribution in [2.75, 3.05) is 18.6 Å². The molecule has 0 aromatic carbocycles. The number of hydrogen-bond acceptors (Lipinski definition) is 4. The van der Waals surface area contributed by atoms with E-state index in [-0.39, 0.29) is 0 Å². The average molecular weight is 285 g/mol. The molecule has 2 rings (SSSR count). The molecule has 1 aliphatic heterocycles. The Balaban J connectivity index is 2.02. The minimum Gasteiger partial charge on any atom is -0.316 e. The molecule has 0 aliphatic carbocycles. The predicted molar refractivity (Wildman–Crippen MR) is 82.5 cm³/mol. The molecule has 0 amide bonds. The molecule has 3 unspecified atom stereocenters. The number of nitrogens with one attached hydrogen (secondary N) is 1. The maximum atomic E-state index is 4.27. The molecule has 18 heavy (non-hydrogen) atoms. The number of nitrogens with zero attached hydrogens (tertiary/aromatic N) is 2. The van der Waals surface area contributed by atoms with Crippen molar-refractivity contribution >= 4 is 23.5 Å². The monoisotopic (exact) mass is 285 g/mol. The lowest BCUT2D eigenvalue weighted by Crippen LogP contribution is -2.44. The van der Waals surface area contributed by atoms with Crippen LogP contribution in [0.1, 0.15) is 18.9 Å². The van der Waals surface area contributed by atoms with Gasteiger partial charge in [0.2, 0.25) is 0 Å². The number of likely N-dealkylation sites (N-methyl/N-ethyl adjacent to an activating group) is 1.